The summed E-state index contributed by atoms with van der Waals surface area (Å²) >= 11 is 0. The van der Waals surface area contributed by atoms with Crippen LogP contribution < -0.4 is 0 Å². The maximum atomic E-state index is 6.24. The normalized spacial score (nSPS) is 27.2. The Morgan fingerprint density at radius 3 is 1.38 bits per heavy atom. The van der Waals surface area contributed by atoms with Gasteiger partial charge in [-0.3, -0.25) is 0 Å². The van der Waals surface area contributed by atoms with E-state index in [4.69, 9.17) is 18.9 Å². The molecule has 2 heterocycles. The first-order valence-corrected chi connectivity index (χ1v) is 9.97. The minimum atomic E-state index is 0.233. The molecule has 0 aromatic heterocycles. The molecule has 4 heteroatoms. The van der Waals surface area contributed by atoms with Crippen molar-refractivity contribution in [3.8, 4) is 0 Å². The van der Waals surface area contributed by atoms with Crippen LogP contribution in [0.4, 0.5) is 0 Å². The Morgan fingerprint density at radius 1 is 0.625 bits per heavy atom. The van der Waals surface area contributed by atoms with Crippen molar-refractivity contribution in [2.45, 2.75) is 58.8 Å². The van der Waals surface area contributed by atoms with E-state index < -0.39 is 0 Å². The molecule has 4 nitrogen and oxygen atoms in total. The van der Waals surface area contributed by atoms with Crippen molar-refractivity contribution in [2.75, 3.05) is 52.9 Å². The lowest BCUT2D eigenvalue weighted by Crippen LogP contribution is -2.48. The van der Waals surface area contributed by atoms with Crippen molar-refractivity contribution in [1.29, 1.82) is 0 Å². The van der Waals surface area contributed by atoms with Gasteiger partial charge in [0.05, 0.1) is 52.9 Å². The van der Waals surface area contributed by atoms with E-state index in [-0.39, 0.29) is 16.2 Å². The van der Waals surface area contributed by atoms with Crippen molar-refractivity contribution >= 4 is 0 Å². The summed E-state index contributed by atoms with van der Waals surface area (Å²) in [6.45, 7) is 11.4. The molecule has 3 aliphatic rings. The van der Waals surface area contributed by atoms with Gasteiger partial charge in [-0.15, -0.1) is 0 Å². The third kappa shape index (κ3) is 4.14. The molecule has 0 spiro atoms. The fourth-order valence-electron chi connectivity index (χ4n) is 4.16. The number of hydrogen-bond acceptors (Lipinski definition) is 4. The zero-order valence-corrected chi connectivity index (χ0v) is 15.7. The molecule has 3 fully saturated rings. The molecule has 0 atom stereocenters. The molecule has 0 aromatic rings. The fourth-order valence-corrected chi connectivity index (χ4v) is 4.16. The average molecular weight is 341 g/mol. The molecular formula is C20H36O4. The minimum absolute atomic E-state index is 0.233. The van der Waals surface area contributed by atoms with Gasteiger partial charge in [0.25, 0.3) is 0 Å². The van der Waals surface area contributed by atoms with E-state index in [1.54, 1.807) is 0 Å². The predicted octanol–water partition coefficient (Wildman–Crippen LogP) is 3.82. The van der Waals surface area contributed by atoms with Crippen LogP contribution in [-0.2, 0) is 18.9 Å². The Kier molecular flexibility index (Phi) is 6.23. The Balaban J connectivity index is 1.46. The van der Waals surface area contributed by atoms with Crippen LogP contribution in [0.15, 0.2) is 0 Å². The molecule has 2 aliphatic heterocycles. The number of hydrogen-bond donors (Lipinski definition) is 0. The maximum absolute atomic E-state index is 6.24. The molecular weight excluding hydrogens is 304 g/mol. The monoisotopic (exact) mass is 340 g/mol. The highest BCUT2D eigenvalue weighted by Crippen LogP contribution is 2.39. The fraction of sp³-hybridized carbons (Fsp3) is 1.00. The van der Waals surface area contributed by atoms with Crippen LogP contribution in [0.5, 0.6) is 0 Å². The summed E-state index contributed by atoms with van der Waals surface area (Å²) < 4.78 is 23.3. The Hall–Kier alpha value is -0.160. The molecule has 140 valence electrons. The second-order valence-corrected chi connectivity index (χ2v) is 8.74. The van der Waals surface area contributed by atoms with Gasteiger partial charge in [-0.05, 0) is 25.7 Å². The first-order valence-electron chi connectivity index (χ1n) is 9.97. The van der Waals surface area contributed by atoms with E-state index in [2.05, 4.69) is 13.8 Å². The lowest BCUT2D eigenvalue weighted by molar-refractivity contribution is -0.174. The Labute approximate surface area is 147 Å². The van der Waals surface area contributed by atoms with E-state index in [1.807, 2.05) is 0 Å². The average Bonchev–Trinajstić information content (AvgIpc) is 2.54. The molecule has 0 amide bonds. The zero-order chi connectivity index (χ0) is 16.9. The largest absolute Gasteiger partial charge is 0.380 e. The van der Waals surface area contributed by atoms with Crippen LogP contribution in [0.2, 0.25) is 0 Å². The maximum Gasteiger partial charge on any atom is 0.0566 e. The van der Waals surface area contributed by atoms with Crippen molar-refractivity contribution in [3.63, 3.8) is 0 Å². The lowest BCUT2D eigenvalue weighted by atomic mass is 9.75. The zero-order valence-electron chi connectivity index (χ0n) is 15.7. The number of ether oxygens (including phenoxy) is 4. The molecule has 1 saturated carbocycles. The van der Waals surface area contributed by atoms with Crippen LogP contribution in [0.1, 0.15) is 58.8 Å². The van der Waals surface area contributed by atoms with Crippen LogP contribution in [0, 0.1) is 16.2 Å². The Morgan fingerprint density at radius 2 is 1.04 bits per heavy atom. The van der Waals surface area contributed by atoms with Gasteiger partial charge in [0.2, 0.25) is 0 Å². The van der Waals surface area contributed by atoms with E-state index >= 15 is 0 Å². The summed E-state index contributed by atoms with van der Waals surface area (Å²) in [6, 6.07) is 0. The quantitative estimate of drug-likeness (QED) is 0.606. The van der Waals surface area contributed by atoms with Crippen molar-refractivity contribution in [2.24, 2.45) is 16.2 Å². The van der Waals surface area contributed by atoms with Gasteiger partial charge >= 0.3 is 0 Å². The molecule has 2 saturated heterocycles. The molecule has 24 heavy (non-hydrogen) atoms. The third-order valence-corrected chi connectivity index (χ3v) is 6.68. The van der Waals surface area contributed by atoms with Gasteiger partial charge in [-0.25, -0.2) is 0 Å². The van der Waals surface area contributed by atoms with Crippen LogP contribution in [0.3, 0.4) is 0 Å². The van der Waals surface area contributed by atoms with Gasteiger partial charge < -0.3 is 18.9 Å². The molecule has 0 N–H and O–H groups in total. The standard InChI is InChI=1S/C20H36O4/c1-3-18(10-21-11-18)14-23-16-20(8-6-5-7-9-20)17-24-15-19(4-2)12-22-13-19/h3-17H2,1-2H3. The molecule has 0 unspecified atom stereocenters. The summed E-state index contributed by atoms with van der Waals surface area (Å²) in [5.41, 5.74) is 0.801. The molecule has 0 bridgehead atoms. The first-order chi connectivity index (χ1) is 11.7. The van der Waals surface area contributed by atoms with E-state index in [0.29, 0.717) is 0 Å². The van der Waals surface area contributed by atoms with Gasteiger partial charge in [-0.2, -0.15) is 0 Å². The highest BCUT2D eigenvalue weighted by Gasteiger charge is 2.41. The summed E-state index contributed by atoms with van der Waals surface area (Å²) in [6.07, 6.45) is 8.79. The van der Waals surface area contributed by atoms with E-state index in [1.165, 1.54) is 32.1 Å². The van der Waals surface area contributed by atoms with Crippen molar-refractivity contribution in [1.82, 2.24) is 0 Å². The summed E-state index contributed by atoms with van der Waals surface area (Å²) in [7, 11) is 0. The highest BCUT2D eigenvalue weighted by molar-refractivity contribution is 4.88. The van der Waals surface area contributed by atoms with Gasteiger partial charge in [0.1, 0.15) is 0 Å². The number of rotatable bonds is 10. The summed E-state index contributed by atoms with van der Waals surface area (Å²) in [4.78, 5) is 0. The molecule has 0 aromatic carbocycles. The SMILES string of the molecule is CCC1(COCC2(COCC3(CC)COC3)CCCCC2)COC1. The molecule has 3 rings (SSSR count). The smallest absolute Gasteiger partial charge is 0.0566 e. The predicted molar refractivity (Wildman–Crippen MR) is 94.2 cm³/mol. The molecule has 1 aliphatic carbocycles. The Bertz CT molecular complexity index is 340. The van der Waals surface area contributed by atoms with Crippen molar-refractivity contribution in [3.05, 3.63) is 0 Å². The highest BCUT2D eigenvalue weighted by atomic mass is 16.5. The van der Waals surface area contributed by atoms with Crippen LogP contribution in [0.25, 0.3) is 0 Å². The van der Waals surface area contributed by atoms with Gasteiger partial charge in [0, 0.05) is 16.2 Å². The lowest BCUT2D eigenvalue weighted by Gasteiger charge is -2.44. The van der Waals surface area contributed by atoms with E-state index in [9.17, 15) is 0 Å². The second-order valence-electron chi connectivity index (χ2n) is 8.74. The van der Waals surface area contributed by atoms with Crippen LogP contribution in [-0.4, -0.2) is 52.9 Å². The second kappa shape index (κ2) is 8.03. The van der Waals surface area contributed by atoms with Crippen molar-refractivity contribution < 1.29 is 18.9 Å². The van der Waals surface area contributed by atoms with E-state index in [0.717, 1.165) is 65.7 Å². The summed E-state index contributed by atoms with van der Waals surface area (Å²) in [5, 5.41) is 0. The molecule has 0 radical (unpaired) electrons. The van der Waals surface area contributed by atoms with Gasteiger partial charge in [0.15, 0.2) is 0 Å². The topological polar surface area (TPSA) is 36.9 Å². The minimum Gasteiger partial charge on any atom is -0.380 e. The summed E-state index contributed by atoms with van der Waals surface area (Å²) in [5.74, 6) is 0. The van der Waals surface area contributed by atoms with Crippen LogP contribution >= 0.6 is 0 Å². The van der Waals surface area contributed by atoms with Gasteiger partial charge in [-0.1, -0.05) is 33.1 Å². The first kappa shape index (κ1) is 18.6. The third-order valence-electron chi connectivity index (χ3n) is 6.68.